The predicted molar refractivity (Wildman–Crippen MR) is 83.8 cm³/mol. The van der Waals surface area contributed by atoms with Gasteiger partial charge in [-0.3, -0.25) is 4.79 Å². The molecule has 1 amide bonds. The molecule has 1 saturated heterocycles. The number of hydrogen-bond acceptors (Lipinski definition) is 4. The van der Waals surface area contributed by atoms with Gasteiger partial charge in [-0.05, 0) is 18.6 Å². The van der Waals surface area contributed by atoms with Crippen LogP contribution >= 0.6 is 0 Å². The van der Waals surface area contributed by atoms with Crippen molar-refractivity contribution in [3.8, 4) is 11.4 Å². The highest BCUT2D eigenvalue weighted by molar-refractivity contribution is 5.93. The van der Waals surface area contributed by atoms with Gasteiger partial charge in [0, 0.05) is 25.3 Å². The normalized spacial score (nSPS) is 20.4. The number of rotatable bonds is 5. The first-order valence-electron chi connectivity index (χ1n) is 7.51. The number of carbonyl (C=O) groups is 1. The van der Waals surface area contributed by atoms with E-state index in [1.54, 1.807) is 18.0 Å². The molecule has 2 atom stereocenters. The molecule has 1 aromatic heterocycles. The van der Waals surface area contributed by atoms with Crippen LogP contribution in [0.2, 0.25) is 0 Å². The standard InChI is InChI=1S/C16H19FN4O2/c1-23-15-5-3-2-4-14(15)21-10-11(7-20-21)16(22)19-9-13-6-12(17)8-18-13/h2-5,7,10,12-13,18H,6,8-9H2,1H3,(H,19,22)/t12-,13-/m0/s1. The van der Waals surface area contributed by atoms with Crippen LogP contribution in [0.5, 0.6) is 5.75 Å². The van der Waals surface area contributed by atoms with Crippen molar-refractivity contribution < 1.29 is 13.9 Å². The Kier molecular flexibility index (Phi) is 4.57. The number of carbonyl (C=O) groups excluding carboxylic acids is 1. The van der Waals surface area contributed by atoms with E-state index < -0.39 is 6.17 Å². The molecule has 2 aromatic rings. The SMILES string of the molecule is COc1ccccc1-n1cc(C(=O)NC[C@@H]2C[C@H](F)CN2)cn1. The van der Waals surface area contributed by atoms with E-state index in [2.05, 4.69) is 15.7 Å². The van der Waals surface area contributed by atoms with Crippen LogP contribution in [0.4, 0.5) is 4.39 Å². The molecule has 0 bridgehead atoms. The monoisotopic (exact) mass is 318 g/mol. The highest BCUT2D eigenvalue weighted by Crippen LogP contribution is 2.21. The third-order valence-corrected chi connectivity index (χ3v) is 3.85. The van der Waals surface area contributed by atoms with Gasteiger partial charge < -0.3 is 15.4 Å². The van der Waals surface area contributed by atoms with Gasteiger partial charge >= 0.3 is 0 Å². The van der Waals surface area contributed by atoms with Crippen molar-refractivity contribution in [2.24, 2.45) is 0 Å². The Morgan fingerprint density at radius 2 is 2.35 bits per heavy atom. The molecule has 1 aliphatic rings. The molecule has 2 N–H and O–H groups in total. The fourth-order valence-electron chi connectivity index (χ4n) is 2.63. The number of alkyl halides is 1. The van der Waals surface area contributed by atoms with E-state index in [-0.39, 0.29) is 11.9 Å². The fraction of sp³-hybridized carbons (Fsp3) is 0.375. The number of nitrogens with zero attached hydrogens (tertiary/aromatic N) is 2. The number of benzene rings is 1. The predicted octanol–water partition coefficient (Wildman–Crippen LogP) is 1.31. The van der Waals surface area contributed by atoms with Gasteiger partial charge in [-0.25, -0.2) is 9.07 Å². The average molecular weight is 318 g/mol. The zero-order valence-corrected chi connectivity index (χ0v) is 12.8. The Hall–Kier alpha value is -2.41. The molecular formula is C16H19FN4O2. The Bertz CT molecular complexity index is 688. The Morgan fingerprint density at radius 1 is 1.52 bits per heavy atom. The van der Waals surface area contributed by atoms with Crippen molar-refractivity contribution in [1.82, 2.24) is 20.4 Å². The maximum Gasteiger partial charge on any atom is 0.254 e. The average Bonchev–Trinajstić information content (AvgIpc) is 3.21. The molecule has 0 unspecified atom stereocenters. The summed E-state index contributed by atoms with van der Waals surface area (Å²) in [6, 6.07) is 7.41. The van der Waals surface area contributed by atoms with Crippen LogP contribution < -0.4 is 15.4 Å². The fourth-order valence-corrected chi connectivity index (χ4v) is 2.63. The zero-order chi connectivity index (χ0) is 16.2. The molecule has 0 saturated carbocycles. The summed E-state index contributed by atoms with van der Waals surface area (Å²) in [6.45, 7) is 0.755. The third-order valence-electron chi connectivity index (χ3n) is 3.85. The number of nitrogens with one attached hydrogen (secondary N) is 2. The first-order valence-corrected chi connectivity index (χ1v) is 7.51. The molecule has 6 nitrogen and oxygen atoms in total. The summed E-state index contributed by atoms with van der Waals surface area (Å²) in [7, 11) is 1.59. The van der Waals surface area contributed by atoms with E-state index in [9.17, 15) is 9.18 Å². The van der Waals surface area contributed by atoms with Crippen LogP contribution in [0.1, 0.15) is 16.8 Å². The van der Waals surface area contributed by atoms with E-state index in [1.807, 2.05) is 24.3 Å². The summed E-state index contributed by atoms with van der Waals surface area (Å²) in [5.74, 6) is 0.446. The van der Waals surface area contributed by atoms with Crippen LogP contribution in [-0.4, -0.2) is 48.1 Å². The van der Waals surface area contributed by atoms with Gasteiger partial charge in [-0.2, -0.15) is 5.10 Å². The molecule has 23 heavy (non-hydrogen) atoms. The Balaban J connectivity index is 1.65. The second-order valence-corrected chi connectivity index (χ2v) is 5.49. The molecule has 2 heterocycles. The largest absolute Gasteiger partial charge is 0.494 e. The summed E-state index contributed by atoms with van der Waals surface area (Å²) in [5.41, 5.74) is 1.21. The van der Waals surface area contributed by atoms with Gasteiger partial charge in [0.1, 0.15) is 17.6 Å². The van der Waals surface area contributed by atoms with Crippen molar-refractivity contribution in [2.45, 2.75) is 18.6 Å². The highest BCUT2D eigenvalue weighted by Gasteiger charge is 2.24. The van der Waals surface area contributed by atoms with Crippen LogP contribution in [0, 0.1) is 0 Å². The molecule has 0 aliphatic carbocycles. The molecule has 7 heteroatoms. The smallest absolute Gasteiger partial charge is 0.254 e. The second-order valence-electron chi connectivity index (χ2n) is 5.49. The number of para-hydroxylation sites is 2. The van der Waals surface area contributed by atoms with Crippen LogP contribution in [0.25, 0.3) is 5.69 Å². The first-order chi connectivity index (χ1) is 11.2. The van der Waals surface area contributed by atoms with Crippen molar-refractivity contribution in [3.05, 3.63) is 42.2 Å². The lowest BCUT2D eigenvalue weighted by atomic mass is 10.2. The van der Waals surface area contributed by atoms with Gasteiger partial charge in [0.2, 0.25) is 0 Å². The maximum absolute atomic E-state index is 13.1. The van der Waals surface area contributed by atoms with Gasteiger partial charge in [-0.1, -0.05) is 12.1 Å². The minimum Gasteiger partial charge on any atom is -0.494 e. The van der Waals surface area contributed by atoms with E-state index >= 15 is 0 Å². The molecule has 3 rings (SSSR count). The molecule has 0 spiro atoms. The highest BCUT2D eigenvalue weighted by atomic mass is 19.1. The van der Waals surface area contributed by atoms with Gasteiger partial charge in [0.25, 0.3) is 5.91 Å². The second kappa shape index (κ2) is 6.78. The summed E-state index contributed by atoms with van der Waals surface area (Å²) >= 11 is 0. The van der Waals surface area contributed by atoms with Crippen molar-refractivity contribution in [1.29, 1.82) is 0 Å². The molecule has 122 valence electrons. The Labute approximate surface area is 133 Å². The van der Waals surface area contributed by atoms with E-state index in [4.69, 9.17) is 4.74 Å². The van der Waals surface area contributed by atoms with Gasteiger partial charge in [-0.15, -0.1) is 0 Å². The van der Waals surface area contributed by atoms with Crippen LogP contribution in [0.3, 0.4) is 0 Å². The minimum absolute atomic E-state index is 0.0155. The Morgan fingerprint density at radius 3 is 3.09 bits per heavy atom. The lowest BCUT2D eigenvalue weighted by Crippen LogP contribution is -2.37. The summed E-state index contributed by atoms with van der Waals surface area (Å²) < 4.78 is 20.0. The van der Waals surface area contributed by atoms with Crippen LogP contribution in [0.15, 0.2) is 36.7 Å². The number of halogens is 1. The lowest BCUT2D eigenvalue weighted by molar-refractivity contribution is 0.0950. The number of amides is 1. The molecule has 1 aliphatic heterocycles. The quantitative estimate of drug-likeness (QED) is 0.872. The van der Waals surface area contributed by atoms with Crippen molar-refractivity contribution in [3.63, 3.8) is 0 Å². The van der Waals surface area contributed by atoms with Crippen molar-refractivity contribution >= 4 is 5.91 Å². The lowest BCUT2D eigenvalue weighted by Gasteiger charge is -2.10. The molecule has 1 aromatic carbocycles. The number of hydrogen-bond donors (Lipinski definition) is 2. The van der Waals surface area contributed by atoms with Gasteiger partial charge in [0.05, 0.1) is 18.9 Å². The summed E-state index contributed by atoms with van der Waals surface area (Å²) in [5, 5.41) is 10.0. The maximum atomic E-state index is 13.1. The molecule has 1 fully saturated rings. The van der Waals surface area contributed by atoms with E-state index in [0.717, 1.165) is 5.69 Å². The summed E-state index contributed by atoms with van der Waals surface area (Å²) in [6.07, 6.45) is 2.75. The van der Waals surface area contributed by atoms with E-state index in [0.29, 0.717) is 30.8 Å². The minimum atomic E-state index is -0.829. The van der Waals surface area contributed by atoms with Crippen molar-refractivity contribution in [2.75, 3.05) is 20.2 Å². The zero-order valence-electron chi connectivity index (χ0n) is 12.8. The summed E-state index contributed by atoms with van der Waals surface area (Å²) in [4.78, 5) is 12.2. The third kappa shape index (κ3) is 3.50. The number of ether oxygens (including phenoxy) is 1. The van der Waals surface area contributed by atoms with Gasteiger partial charge in [0.15, 0.2) is 0 Å². The molecule has 0 radical (unpaired) electrons. The first kappa shape index (κ1) is 15.5. The number of aromatic nitrogens is 2. The number of methoxy groups -OCH3 is 1. The van der Waals surface area contributed by atoms with Crippen LogP contribution in [-0.2, 0) is 0 Å². The topological polar surface area (TPSA) is 68.2 Å². The van der Waals surface area contributed by atoms with E-state index in [1.165, 1.54) is 6.20 Å². The molecular weight excluding hydrogens is 299 g/mol.